The first-order valence-electron chi connectivity index (χ1n) is 3.36. The maximum Gasteiger partial charge on any atom is 0.270 e. The van der Waals surface area contributed by atoms with Crippen molar-refractivity contribution in [3.8, 4) is 0 Å². The zero-order valence-corrected chi connectivity index (χ0v) is 8.75. The Hall–Kier alpha value is -0.870. The van der Waals surface area contributed by atoms with E-state index in [4.69, 9.17) is 11.6 Å². The van der Waals surface area contributed by atoms with Crippen LogP contribution in [0.25, 0.3) is 6.08 Å². The van der Waals surface area contributed by atoms with E-state index in [1.54, 1.807) is 11.1 Å². The monoisotopic (exact) mass is 261 g/mol. The molecule has 1 aromatic carbocycles. The SMILES string of the molecule is O=[N+]([O-])c1ccc(Cl)c(/C=C/Br)c1. The molecule has 0 radical (unpaired) electrons. The molecule has 0 saturated carbocycles. The first kappa shape index (κ1) is 10.2. The topological polar surface area (TPSA) is 43.1 Å². The smallest absolute Gasteiger partial charge is 0.258 e. The van der Waals surface area contributed by atoms with Gasteiger partial charge < -0.3 is 0 Å². The molecule has 0 unspecified atom stereocenters. The molecule has 13 heavy (non-hydrogen) atoms. The first-order chi connectivity index (χ1) is 6.15. The van der Waals surface area contributed by atoms with E-state index in [0.29, 0.717) is 10.6 Å². The van der Waals surface area contributed by atoms with Crippen molar-refractivity contribution >= 4 is 39.3 Å². The number of benzene rings is 1. The molecular formula is C8H5BrClNO2. The number of nitro groups is 1. The average molecular weight is 262 g/mol. The van der Waals surface area contributed by atoms with Gasteiger partial charge in [-0.3, -0.25) is 10.1 Å². The summed E-state index contributed by atoms with van der Waals surface area (Å²) in [7, 11) is 0. The number of non-ortho nitro benzene ring substituents is 1. The molecule has 1 rings (SSSR count). The third-order valence-electron chi connectivity index (χ3n) is 1.43. The maximum absolute atomic E-state index is 10.4. The molecule has 0 heterocycles. The Labute approximate surface area is 88.3 Å². The number of hydrogen-bond donors (Lipinski definition) is 0. The van der Waals surface area contributed by atoms with Crippen LogP contribution in [0.2, 0.25) is 5.02 Å². The van der Waals surface area contributed by atoms with Crippen molar-refractivity contribution in [1.82, 2.24) is 0 Å². The van der Waals surface area contributed by atoms with Gasteiger partial charge >= 0.3 is 0 Å². The Kier molecular flexibility index (Phi) is 3.45. The van der Waals surface area contributed by atoms with E-state index in [1.807, 2.05) is 0 Å². The molecule has 0 N–H and O–H groups in total. The van der Waals surface area contributed by atoms with Crippen molar-refractivity contribution in [1.29, 1.82) is 0 Å². The van der Waals surface area contributed by atoms with Crippen LogP contribution in [0, 0.1) is 10.1 Å². The Bertz CT molecular complexity index is 365. The van der Waals surface area contributed by atoms with E-state index in [2.05, 4.69) is 15.9 Å². The highest BCUT2D eigenvalue weighted by Gasteiger charge is 2.07. The van der Waals surface area contributed by atoms with Crippen LogP contribution in [-0.4, -0.2) is 4.92 Å². The highest BCUT2D eigenvalue weighted by atomic mass is 79.9. The lowest BCUT2D eigenvalue weighted by molar-refractivity contribution is -0.384. The van der Waals surface area contributed by atoms with Crippen molar-refractivity contribution in [2.45, 2.75) is 0 Å². The summed E-state index contributed by atoms with van der Waals surface area (Å²) in [5, 5.41) is 10.9. The predicted octanol–water partition coefficient (Wildman–Crippen LogP) is 3.61. The van der Waals surface area contributed by atoms with Gasteiger partial charge in [0.05, 0.1) is 4.92 Å². The van der Waals surface area contributed by atoms with Crippen LogP contribution >= 0.6 is 27.5 Å². The normalized spacial score (nSPS) is 10.6. The van der Waals surface area contributed by atoms with Gasteiger partial charge in [0.1, 0.15) is 0 Å². The number of nitrogens with zero attached hydrogens (tertiary/aromatic N) is 1. The fourth-order valence-corrected chi connectivity index (χ4v) is 1.31. The van der Waals surface area contributed by atoms with Gasteiger partial charge in [0.15, 0.2) is 0 Å². The Morgan fingerprint density at radius 1 is 1.54 bits per heavy atom. The molecule has 0 amide bonds. The molecule has 68 valence electrons. The summed E-state index contributed by atoms with van der Waals surface area (Å²) in [5.41, 5.74) is 0.651. The van der Waals surface area contributed by atoms with Crippen LogP contribution < -0.4 is 0 Å². The minimum atomic E-state index is -0.456. The van der Waals surface area contributed by atoms with Gasteiger partial charge in [0.25, 0.3) is 5.69 Å². The molecule has 1 aromatic rings. The number of halogens is 2. The minimum absolute atomic E-state index is 0.0324. The van der Waals surface area contributed by atoms with Gasteiger partial charge in [0, 0.05) is 22.7 Å². The standard InChI is InChI=1S/C8H5BrClNO2/c9-4-3-6-5-7(11(12)13)1-2-8(6)10/h1-5H/b4-3+. The zero-order valence-electron chi connectivity index (χ0n) is 6.41. The fourth-order valence-electron chi connectivity index (χ4n) is 0.840. The quantitative estimate of drug-likeness (QED) is 0.603. The molecule has 0 aromatic heterocycles. The molecule has 5 heteroatoms. The molecule has 0 bridgehead atoms. The van der Waals surface area contributed by atoms with Crippen LogP contribution in [0.1, 0.15) is 5.56 Å². The predicted molar refractivity (Wildman–Crippen MR) is 56.1 cm³/mol. The number of hydrogen-bond acceptors (Lipinski definition) is 2. The lowest BCUT2D eigenvalue weighted by Gasteiger charge is -1.96. The second-order valence-electron chi connectivity index (χ2n) is 2.26. The summed E-state index contributed by atoms with van der Waals surface area (Å²) in [4.78, 5) is 11.5. The largest absolute Gasteiger partial charge is 0.270 e. The summed E-state index contributed by atoms with van der Waals surface area (Å²) < 4.78 is 0. The molecule has 0 saturated heterocycles. The fraction of sp³-hybridized carbons (Fsp3) is 0. The summed E-state index contributed by atoms with van der Waals surface area (Å²) >= 11 is 8.86. The van der Waals surface area contributed by atoms with Crippen molar-refractivity contribution in [2.75, 3.05) is 0 Å². The van der Waals surface area contributed by atoms with E-state index in [9.17, 15) is 10.1 Å². The third kappa shape index (κ3) is 2.54. The highest BCUT2D eigenvalue weighted by Crippen LogP contribution is 2.23. The number of rotatable bonds is 2. The van der Waals surface area contributed by atoms with Gasteiger partial charge in [-0.15, -0.1) is 0 Å². The van der Waals surface area contributed by atoms with Crippen LogP contribution in [-0.2, 0) is 0 Å². The van der Waals surface area contributed by atoms with Crippen molar-refractivity contribution < 1.29 is 4.92 Å². The molecule has 0 atom stereocenters. The summed E-state index contributed by atoms with van der Waals surface area (Å²) in [6, 6.07) is 4.29. The molecule has 0 spiro atoms. The molecule has 3 nitrogen and oxygen atoms in total. The molecule has 0 aliphatic rings. The van der Waals surface area contributed by atoms with E-state index >= 15 is 0 Å². The number of nitro benzene ring substituents is 1. The lowest BCUT2D eigenvalue weighted by atomic mass is 10.2. The van der Waals surface area contributed by atoms with E-state index in [-0.39, 0.29) is 5.69 Å². The van der Waals surface area contributed by atoms with Crippen LogP contribution in [0.3, 0.4) is 0 Å². The van der Waals surface area contributed by atoms with Gasteiger partial charge in [-0.2, -0.15) is 0 Å². The molecule has 0 aliphatic carbocycles. The zero-order chi connectivity index (χ0) is 9.84. The summed E-state index contributed by atoms with van der Waals surface area (Å²) in [6.07, 6.45) is 1.65. The van der Waals surface area contributed by atoms with Crippen molar-refractivity contribution in [3.63, 3.8) is 0 Å². The average Bonchev–Trinajstić information content (AvgIpc) is 2.08. The minimum Gasteiger partial charge on any atom is -0.258 e. The van der Waals surface area contributed by atoms with Gasteiger partial charge in [0.2, 0.25) is 0 Å². The van der Waals surface area contributed by atoms with Gasteiger partial charge in [-0.1, -0.05) is 27.5 Å². The summed E-state index contributed by atoms with van der Waals surface area (Å²) in [5.74, 6) is 0. The second kappa shape index (κ2) is 4.39. The third-order valence-corrected chi connectivity index (χ3v) is 2.04. The maximum atomic E-state index is 10.4. The Balaban J connectivity index is 3.18. The van der Waals surface area contributed by atoms with E-state index in [1.165, 1.54) is 18.2 Å². The summed E-state index contributed by atoms with van der Waals surface area (Å²) in [6.45, 7) is 0. The van der Waals surface area contributed by atoms with Crippen LogP contribution in [0.5, 0.6) is 0 Å². The van der Waals surface area contributed by atoms with Crippen molar-refractivity contribution in [2.24, 2.45) is 0 Å². The van der Waals surface area contributed by atoms with Gasteiger partial charge in [-0.05, 0) is 17.1 Å². The Morgan fingerprint density at radius 2 is 2.23 bits per heavy atom. The van der Waals surface area contributed by atoms with E-state index in [0.717, 1.165) is 0 Å². The van der Waals surface area contributed by atoms with Crippen LogP contribution in [0.15, 0.2) is 23.2 Å². The van der Waals surface area contributed by atoms with Gasteiger partial charge in [-0.25, -0.2) is 0 Å². The van der Waals surface area contributed by atoms with E-state index < -0.39 is 4.92 Å². The lowest BCUT2D eigenvalue weighted by Crippen LogP contribution is -1.88. The highest BCUT2D eigenvalue weighted by molar-refractivity contribution is 9.11. The second-order valence-corrected chi connectivity index (χ2v) is 3.19. The molecule has 0 fully saturated rings. The molecular weight excluding hydrogens is 257 g/mol. The van der Waals surface area contributed by atoms with Crippen LogP contribution in [0.4, 0.5) is 5.69 Å². The Morgan fingerprint density at radius 3 is 2.77 bits per heavy atom. The first-order valence-corrected chi connectivity index (χ1v) is 4.65. The molecule has 0 aliphatic heterocycles. The van der Waals surface area contributed by atoms with Crippen molar-refractivity contribution in [3.05, 3.63) is 43.9 Å².